The number of rotatable bonds is 8. The van der Waals surface area contributed by atoms with Gasteiger partial charge >= 0.3 is 6.09 Å². The van der Waals surface area contributed by atoms with Gasteiger partial charge in [0.2, 0.25) is 5.91 Å². The number of pyridine rings is 1. The molecule has 3 aromatic rings. The Balaban J connectivity index is 1.73. The van der Waals surface area contributed by atoms with Gasteiger partial charge in [0.15, 0.2) is 17.5 Å². The van der Waals surface area contributed by atoms with Gasteiger partial charge in [-0.05, 0) is 19.9 Å². The molecule has 0 aliphatic carbocycles. The second-order valence-electron chi connectivity index (χ2n) is 7.32. The van der Waals surface area contributed by atoms with Crippen molar-refractivity contribution in [1.29, 1.82) is 0 Å². The molecule has 10 nitrogen and oxygen atoms in total. The molecule has 0 radical (unpaired) electrons. The summed E-state index contributed by atoms with van der Waals surface area (Å²) >= 11 is 6.04. The van der Waals surface area contributed by atoms with Crippen molar-refractivity contribution < 1.29 is 18.7 Å². The van der Waals surface area contributed by atoms with Crippen LogP contribution in [0.25, 0.3) is 22.4 Å². The summed E-state index contributed by atoms with van der Waals surface area (Å²) in [5.74, 6) is -0.847. The Morgan fingerprint density at radius 1 is 1.30 bits per heavy atom. The Bertz CT molecular complexity index is 1160. The van der Waals surface area contributed by atoms with E-state index in [-0.39, 0.29) is 24.1 Å². The maximum Gasteiger partial charge on any atom is 0.409 e. The van der Waals surface area contributed by atoms with Gasteiger partial charge in [-0.25, -0.2) is 24.1 Å². The fourth-order valence-electron chi connectivity index (χ4n) is 3.25. The van der Waals surface area contributed by atoms with E-state index in [0.29, 0.717) is 34.7 Å². The predicted octanol–water partition coefficient (Wildman–Crippen LogP) is 3.16. The summed E-state index contributed by atoms with van der Waals surface area (Å²) in [5, 5.41) is 3.95. The van der Waals surface area contributed by atoms with Gasteiger partial charge in [-0.2, -0.15) is 0 Å². The Kier molecular flexibility index (Phi) is 7.64. The fourth-order valence-corrected chi connectivity index (χ4v) is 3.40. The van der Waals surface area contributed by atoms with Crippen LogP contribution in [0.2, 0.25) is 5.02 Å². The first kappa shape index (κ1) is 24.2. The Morgan fingerprint density at radius 3 is 2.76 bits per heavy atom. The summed E-state index contributed by atoms with van der Waals surface area (Å²) in [5.41, 5.74) is 1.19. The van der Waals surface area contributed by atoms with Crippen molar-refractivity contribution in [1.82, 2.24) is 29.7 Å². The molecule has 3 rings (SSSR count). The predicted molar refractivity (Wildman–Crippen MR) is 122 cm³/mol. The molecule has 0 bridgehead atoms. The summed E-state index contributed by atoms with van der Waals surface area (Å²) in [6.45, 7) is 4.46. The first-order valence-corrected chi connectivity index (χ1v) is 10.6. The van der Waals surface area contributed by atoms with Crippen molar-refractivity contribution in [2.45, 2.75) is 19.9 Å². The SMILES string of the molecule is CCN(CCN(C)C(=O)[C@@H](C)Nc1nc(-c2c[nH]c3ncc(Cl)cc23)ncc1F)C(=O)OC. The quantitative estimate of drug-likeness (QED) is 0.511. The molecular weight excluding hydrogens is 453 g/mol. The van der Waals surface area contributed by atoms with Crippen LogP contribution in [0.4, 0.5) is 15.0 Å². The molecule has 12 heteroatoms. The van der Waals surface area contributed by atoms with Gasteiger partial charge in [-0.15, -0.1) is 0 Å². The van der Waals surface area contributed by atoms with E-state index in [1.165, 1.54) is 23.1 Å². The second kappa shape index (κ2) is 10.4. The number of hydrogen-bond acceptors (Lipinski definition) is 7. The zero-order valence-corrected chi connectivity index (χ0v) is 19.5. The molecule has 0 unspecified atom stereocenters. The molecule has 0 spiro atoms. The van der Waals surface area contributed by atoms with E-state index < -0.39 is 18.0 Å². The molecule has 1 atom stereocenters. The molecule has 0 fully saturated rings. The standard InChI is InChI=1S/C21H25ClFN7O3/c1-5-30(21(32)33-4)7-6-29(3)20(31)12(2)27-19-16(23)11-26-18(28-19)15-10-25-17-14(15)8-13(22)9-24-17/h8-12H,5-7H2,1-4H3,(H,24,25)(H,26,27,28)/t12-/m1/s1. The van der Waals surface area contributed by atoms with Crippen molar-refractivity contribution >= 4 is 40.5 Å². The number of aromatic nitrogens is 4. The highest BCUT2D eigenvalue weighted by Crippen LogP contribution is 2.28. The number of methoxy groups -OCH3 is 1. The summed E-state index contributed by atoms with van der Waals surface area (Å²) in [6, 6.07) is 0.935. The molecule has 3 aromatic heterocycles. The molecule has 2 amide bonds. The lowest BCUT2D eigenvalue weighted by molar-refractivity contribution is -0.130. The van der Waals surface area contributed by atoms with E-state index >= 15 is 0 Å². The molecule has 2 N–H and O–H groups in total. The number of hydrogen-bond donors (Lipinski definition) is 2. The minimum atomic E-state index is -0.778. The number of H-pyrrole nitrogens is 1. The number of nitrogens with zero attached hydrogens (tertiary/aromatic N) is 5. The number of nitrogens with one attached hydrogen (secondary N) is 2. The third kappa shape index (κ3) is 5.48. The van der Waals surface area contributed by atoms with Crippen molar-refractivity contribution in [3.63, 3.8) is 0 Å². The first-order chi connectivity index (χ1) is 15.7. The van der Waals surface area contributed by atoms with E-state index in [0.717, 1.165) is 6.20 Å². The lowest BCUT2D eigenvalue weighted by Crippen LogP contribution is -2.44. The average molecular weight is 478 g/mol. The summed E-state index contributed by atoms with van der Waals surface area (Å²) in [6.07, 6.45) is 3.75. The van der Waals surface area contributed by atoms with Gasteiger partial charge in [-0.3, -0.25) is 4.79 Å². The molecule has 3 heterocycles. The van der Waals surface area contributed by atoms with Crippen LogP contribution in [0.15, 0.2) is 24.7 Å². The van der Waals surface area contributed by atoms with Crippen molar-refractivity contribution in [3.05, 3.63) is 35.5 Å². The smallest absolute Gasteiger partial charge is 0.409 e. The van der Waals surface area contributed by atoms with Crippen LogP contribution >= 0.6 is 11.6 Å². The van der Waals surface area contributed by atoms with E-state index in [1.807, 2.05) is 6.92 Å². The molecule has 33 heavy (non-hydrogen) atoms. The minimum Gasteiger partial charge on any atom is -0.453 e. The van der Waals surface area contributed by atoms with E-state index in [2.05, 4.69) is 25.3 Å². The highest BCUT2D eigenvalue weighted by atomic mass is 35.5. The van der Waals surface area contributed by atoms with Crippen molar-refractivity contribution in [3.8, 4) is 11.4 Å². The highest BCUT2D eigenvalue weighted by molar-refractivity contribution is 6.31. The molecular formula is C21H25ClFN7O3. The third-order valence-electron chi connectivity index (χ3n) is 5.10. The van der Waals surface area contributed by atoms with E-state index in [1.54, 1.807) is 26.2 Å². The van der Waals surface area contributed by atoms with Gasteiger partial charge in [0, 0.05) is 50.0 Å². The molecule has 176 valence electrons. The van der Waals surface area contributed by atoms with E-state index in [4.69, 9.17) is 16.3 Å². The minimum absolute atomic E-state index is 0.108. The normalized spacial score (nSPS) is 11.8. The number of ether oxygens (including phenoxy) is 1. The number of halogens is 2. The number of carbonyl (C=O) groups excluding carboxylic acids is 2. The van der Waals surface area contributed by atoms with Crippen LogP contribution in [-0.2, 0) is 9.53 Å². The second-order valence-corrected chi connectivity index (χ2v) is 7.75. The van der Waals surface area contributed by atoms with Crippen LogP contribution in [0.5, 0.6) is 0 Å². The molecule has 0 aromatic carbocycles. The first-order valence-electron chi connectivity index (χ1n) is 10.2. The Morgan fingerprint density at radius 2 is 2.06 bits per heavy atom. The third-order valence-corrected chi connectivity index (χ3v) is 5.31. The van der Waals surface area contributed by atoms with Crippen molar-refractivity contribution in [2.75, 3.05) is 39.1 Å². The van der Waals surface area contributed by atoms with Gasteiger partial charge in [0.05, 0.1) is 18.3 Å². The Hall–Kier alpha value is -3.47. The van der Waals surface area contributed by atoms with Gasteiger partial charge in [0.1, 0.15) is 11.7 Å². The van der Waals surface area contributed by atoms with Gasteiger partial charge < -0.3 is 24.8 Å². The molecule has 0 aliphatic rings. The number of carbonyl (C=O) groups is 2. The summed E-state index contributed by atoms with van der Waals surface area (Å²) in [7, 11) is 2.91. The van der Waals surface area contributed by atoms with Crippen molar-refractivity contribution in [2.24, 2.45) is 0 Å². The zero-order valence-electron chi connectivity index (χ0n) is 18.7. The zero-order chi connectivity index (χ0) is 24.1. The number of anilines is 1. The largest absolute Gasteiger partial charge is 0.453 e. The maximum absolute atomic E-state index is 14.4. The van der Waals surface area contributed by atoms with Crippen LogP contribution in [0.3, 0.4) is 0 Å². The topological polar surface area (TPSA) is 116 Å². The number of likely N-dealkylation sites (N-methyl/N-ethyl adjacent to an activating group) is 2. The van der Waals surface area contributed by atoms with Crippen LogP contribution in [0.1, 0.15) is 13.8 Å². The lowest BCUT2D eigenvalue weighted by Gasteiger charge is -2.26. The van der Waals surface area contributed by atoms with Crippen LogP contribution < -0.4 is 5.32 Å². The maximum atomic E-state index is 14.4. The summed E-state index contributed by atoms with van der Waals surface area (Å²) in [4.78, 5) is 42.9. The van der Waals surface area contributed by atoms with E-state index in [9.17, 15) is 14.0 Å². The monoisotopic (exact) mass is 477 g/mol. The highest BCUT2D eigenvalue weighted by Gasteiger charge is 2.22. The van der Waals surface area contributed by atoms with Gasteiger partial charge in [-0.1, -0.05) is 11.6 Å². The average Bonchev–Trinajstić information content (AvgIpc) is 3.22. The lowest BCUT2D eigenvalue weighted by atomic mass is 10.2. The number of aromatic amines is 1. The molecule has 0 saturated heterocycles. The van der Waals surface area contributed by atoms with Crippen LogP contribution in [-0.4, -0.2) is 81.6 Å². The number of amides is 2. The fraction of sp³-hybridized carbons (Fsp3) is 0.381. The van der Waals surface area contributed by atoms with Gasteiger partial charge in [0.25, 0.3) is 0 Å². The summed E-state index contributed by atoms with van der Waals surface area (Å²) < 4.78 is 19.1. The number of fused-ring (bicyclic) bond motifs is 1. The molecule has 0 aliphatic heterocycles. The molecule has 0 saturated carbocycles. The van der Waals surface area contributed by atoms with Crippen LogP contribution in [0, 0.1) is 5.82 Å². The Labute approximate surface area is 195 Å².